The van der Waals surface area contributed by atoms with E-state index in [1.807, 2.05) is 0 Å². The van der Waals surface area contributed by atoms with E-state index < -0.39 is 70.9 Å². The van der Waals surface area contributed by atoms with Gasteiger partial charge >= 0.3 is 65.2 Å². The Labute approximate surface area is 250 Å². The molecule has 0 bridgehead atoms. The van der Waals surface area contributed by atoms with Gasteiger partial charge in [-0.3, -0.25) is 18.6 Å². The molecular weight excluding hydrogens is 583 g/mol. The molecule has 1 aliphatic heterocycles. The van der Waals surface area contributed by atoms with E-state index in [1.165, 1.54) is 13.1 Å². The van der Waals surface area contributed by atoms with Crippen LogP contribution in [0.25, 0.3) is 0 Å². The monoisotopic (exact) mass is 609 g/mol. The minimum absolute atomic E-state index is 0. The second-order valence-corrected chi connectivity index (χ2v) is 11.1. The summed E-state index contributed by atoms with van der Waals surface area (Å²) in [5, 5.41) is 32.2. The first-order valence-corrected chi connectivity index (χ1v) is 14.0. The number of aliphatic imine (C=N–C) groups is 1. The molecule has 1 aromatic rings. The predicted octanol–water partition coefficient (Wildman–Crippen LogP) is -5.59. The normalized spacial score (nSPS) is 22.6. The summed E-state index contributed by atoms with van der Waals surface area (Å²) in [7, 11) is -10.3. The van der Waals surface area contributed by atoms with E-state index >= 15 is 0 Å². The standard InChI is InChI=1S/C18H28F3N3O12P2.2Li/c1-11-9-24(17(28)23-15(11)26)14-8-12(25)13(35-14)10-34-38(31,32)36-37(29,30)33-7-5-3-2-4-6-22-16(27)18(19,20)21;;/h9,12-14,25H,2-8,10H2,1H3,(H,22,27)(H,29,30)(H,31,32)(H,23,26,28);;/q;2*+1/p-2/t12-,13+,14+;;/m0../s1. The number of aromatic nitrogens is 2. The van der Waals surface area contributed by atoms with Gasteiger partial charge in [-0.15, -0.1) is 0 Å². The molecule has 218 valence electrons. The molecule has 2 rings (SSSR count). The third-order valence-corrected chi connectivity index (χ3v) is 7.65. The maximum Gasteiger partial charge on any atom is 1.00 e. The Kier molecular flexibility index (Phi) is 16.5. The minimum Gasteiger partial charge on any atom is -0.858 e. The number of rotatable bonds is 14. The Morgan fingerprint density at radius 1 is 1.20 bits per heavy atom. The van der Waals surface area contributed by atoms with Gasteiger partial charge in [0.25, 0.3) is 0 Å². The predicted molar refractivity (Wildman–Crippen MR) is 117 cm³/mol. The van der Waals surface area contributed by atoms with E-state index in [-0.39, 0.29) is 69.1 Å². The number of phosphoric acid groups is 2. The first kappa shape index (κ1) is 39.3. The number of alkyl halides is 3. The van der Waals surface area contributed by atoms with E-state index in [0.29, 0.717) is 12.8 Å². The molecule has 0 amide bonds. The van der Waals surface area contributed by atoms with Gasteiger partial charge in [0.15, 0.2) is 0 Å². The fraction of sp³-hybridized carbons (Fsp3) is 0.722. The second-order valence-electron chi connectivity index (χ2n) is 8.10. The maximum atomic E-state index is 12.1. The van der Waals surface area contributed by atoms with Crippen molar-refractivity contribution in [1.82, 2.24) is 9.55 Å². The van der Waals surface area contributed by atoms with Crippen LogP contribution in [0, 0.1) is 6.92 Å². The van der Waals surface area contributed by atoms with E-state index in [1.54, 1.807) is 0 Å². The van der Waals surface area contributed by atoms with Gasteiger partial charge in [-0.2, -0.15) is 17.5 Å². The molecule has 2 unspecified atom stereocenters. The zero-order valence-electron chi connectivity index (χ0n) is 21.9. The van der Waals surface area contributed by atoms with Gasteiger partial charge in [0.1, 0.15) is 12.3 Å². The number of hydrogen-bond acceptors (Lipinski definition) is 12. The summed E-state index contributed by atoms with van der Waals surface area (Å²) in [6.07, 6.45) is -6.68. The summed E-state index contributed by atoms with van der Waals surface area (Å²) in [6.45, 7) is -0.128. The van der Waals surface area contributed by atoms with Crippen molar-refractivity contribution in [2.75, 3.05) is 19.8 Å². The molecule has 5 atom stereocenters. The zero-order valence-corrected chi connectivity index (χ0v) is 23.6. The van der Waals surface area contributed by atoms with E-state index in [2.05, 4.69) is 23.3 Å². The topological polar surface area (TPSA) is 225 Å². The number of phosphoric ester groups is 2. The van der Waals surface area contributed by atoms with Crippen molar-refractivity contribution in [3.05, 3.63) is 22.2 Å². The molecule has 0 aliphatic carbocycles. The van der Waals surface area contributed by atoms with Crippen LogP contribution in [0.5, 0.6) is 5.88 Å². The van der Waals surface area contributed by atoms with Gasteiger partial charge in [-0.1, -0.05) is 12.8 Å². The van der Waals surface area contributed by atoms with Crippen LogP contribution in [-0.2, 0) is 27.2 Å². The van der Waals surface area contributed by atoms with Crippen molar-refractivity contribution in [3.8, 4) is 5.88 Å². The summed E-state index contributed by atoms with van der Waals surface area (Å²) in [4.78, 5) is 37.4. The molecular formula is C18H26F3Li2N3O12P2. The number of halogens is 3. The molecule has 0 spiro atoms. The fourth-order valence-corrected chi connectivity index (χ4v) is 5.27. The van der Waals surface area contributed by atoms with Gasteiger partial charge < -0.3 is 29.8 Å². The SMILES string of the molecule is Cc1cn([C@H]2C[C@H](O)[C@@H](COP(=O)(O)OP(=O)(O)OCCCCCCN=C([O-])C(F)(F)F)O2)c(=O)nc1[O-].[Li+].[Li+]. The molecule has 1 aromatic heterocycles. The number of aliphatic hydroxyl groups excluding tert-OH is 1. The summed E-state index contributed by atoms with van der Waals surface area (Å²) >= 11 is 0. The average molecular weight is 609 g/mol. The van der Waals surface area contributed by atoms with Crippen LogP contribution in [0.2, 0.25) is 0 Å². The quantitative estimate of drug-likeness (QED) is 0.0589. The summed E-state index contributed by atoms with van der Waals surface area (Å²) in [5.41, 5.74) is -0.789. The number of aryl methyl sites for hydroxylation is 1. The molecule has 1 aliphatic rings. The third-order valence-electron chi connectivity index (χ3n) is 5.02. The van der Waals surface area contributed by atoms with Crippen LogP contribution in [0.3, 0.4) is 0 Å². The summed E-state index contributed by atoms with van der Waals surface area (Å²) in [6, 6.07) is 0. The van der Waals surface area contributed by atoms with Crippen molar-refractivity contribution in [1.29, 1.82) is 0 Å². The van der Waals surface area contributed by atoms with Crippen molar-refractivity contribution >= 4 is 21.5 Å². The molecule has 1 saturated heterocycles. The van der Waals surface area contributed by atoms with Crippen LogP contribution in [0.15, 0.2) is 16.0 Å². The van der Waals surface area contributed by atoms with Crippen molar-refractivity contribution < 1.29 is 103 Å². The van der Waals surface area contributed by atoms with Crippen molar-refractivity contribution in [3.63, 3.8) is 0 Å². The molecule has 1 fully saturated rings. The fourth-order valence-electron chi connectivity index (χ4n) is 3.16. The molecule has 3 N–H and O–H groups in total. The van der Waals surface area contributed by atoms with Crippen LogP contribution < -0.4 is 53.6 Å². The van der Waals surface area contributed by atoms with E-state index in [0.717, 1.165) is 4.57 Å². The Morgan fingerprint density at radius 3 is 2.42 bits per heavy atom. The zero-order chi connectivity index (χ0) is 28.7. The largest absolute Gasteiger partial charge is 1.00 e. The molecule has 40 heavy (non-hydrogen) atoms. The van der Waals surface area contributed by atoms with Gasteiger partial charge in [0.05, 0.1) is 25.2 Å². The first-order chi connectivity index (χ1) is 17.5. The Bertz CT molecular complexity index is 1140. The number of hydrogen-bond donors (Lipinski definition) is 3. The average Bonchev–Trinajstić information content (AvgIpc) is 3.15. The Hall–Kier alpha value is -0.685. The number of ether oxygens (including phenoxy) is 1. The summed E-state index contributed by atoms with van der Waals surface area (Å²) in [5.74, 6) is -2.91. The molecule has 0 saturated carbocycles. The maximum absolute atomic E-state index is 12.1. The van der Waals surface area contributed by atoms with E-state index in [4.69, 9.17) is 4.74 Å². The Morgan fingerprint density at radius 2 is 1.80 bits per heavy atom. The van der Waals surface area contributed by atoms with Gasteiger partial charge in [-0.05, 0) is 31.2 Å². The number of nitrogens with zero attached hydrogens (tertiary/aromatic N) is 3. The molecule has 15 nitrogen and oxygen atoms in total. The first-order valence-electron chi connectivity index (χ1n) is 11.1. The van der Waals surface area contributed by atoms with Crippen molar-refractivity contribution in [2.24, 2.45) is 4.99 Å². The minimum atomic E-state index is -5.19. The molecule has 22 heteroatoms. The smallest absolute Gasteiger partial charge is 0.858 e. The van der Waals surface area contributed by atoms with Crippen molar-refractivity contribution in [2.45, 2.75) is 63.6 Å². The second kappa shape index (κ2) is 16.8. The van der Waals surface area contributed by atoms with Gasteiger partial charge in [-0.25, -0.2) is 18.9 Å². The molecule has 2 heterocycles. The number of unbranched alkanes of at least 4 members (excludes halogenated alkanes) is 3. The number of aliphatic hydroxyl groups is 1. The van der Waals surface area contributed by atoms with Gasteiger partial charge in [0, 0.05) is 19.2 Å². The van der Waals surface area contributed by atoms with Crippen LogP contribution in [0.1, 0.15) is 43.9 Å². The van der Waals surface area contributed by atoms with Gasteiger partial charge in [0.2, 0.25) is 0 Å². The Balaban J connectivity index is 0.00000760. The third kappa shape index (κ3) is 13.1. The van der Waals surface area contributed by atoms with E-state index in [9.17, 15) is 52.2 Å². The van der Waals surface area contributed by atoms with Crippen LogP contribution in [0.4, 0.5) is 13.2 Å². The van der Waals surface area contributed by atoms with Crippen LogP contribution in [-0.4, -0.2) is 68.5 Å². The van der Waals surface area contributed by atoms with Crippen LogP contribution >= 0.6 is 15.6 Å². The molecule has 0 radical (unpaired) electrons. The summed E-state index contributed by atoms with van der Waals surface area (Å²) < 4.78 is 79.7. The molecule has 0 aromatic carbocycles.